The molecule has 2 unspecified atom stereocenters. The van der Waals surface area contributed by atoms with Crippen LogP contribution in [-0.2, 0) is 14.4 Å². The largest absolute Gasteiger partial charge is 0.329 e. The maximum atomic E-state index is 12.7. The molecule has 0 aromatic heterocycles. The number of fused-ring (bicyclic) bond motifs is 1. The van der Waals surface area contributed by atoms with Crippen LogP contribution in [0.25, 0.3) is 0 Å². The van der Waals surface area contributed by atoms with Gasteiger partial charge < -0.3 is 4.90 Å². The van der Waals surface area contributed by atoms with Gasteiger partial charge in [0.05, 0.1) is 5.92 Å². The average molecular weight is 302 g/mol. The van der Waals surface area contributed by atoms with Crippen LogP contribution in [0.2, 0.25) is 0 Å². The topological polar surface area (TPSA) is 57.7 Å². The molecule has 3 aliphatic rings. The first-order chi connectivity index (χ1) is 10.4. The molecule has 0 spiro atoms. The Morgan fingerprint density at radius 1 is 1.18 bits per heavy atom. The number of likely N-dealkylation sites (tertiary alicyclic amines) is 2. The summed E-state index contributed by atoms with van der Waals surface area (Å²) in [4.78, 5) is 39.6. The zero-order valence-electron chi connectivity index (χ0n) is 13.3. The number of hydrogen-bond donors (Lipinski definition) is 0. The van der Waals surface area contributed by atoms with Gasteiger partial charge in [0.2, 0.25) is 11.8 Å². The molecule has 0 bridgehead atoms. The molecule has 0 aromatic rings. The predicted octanol–water partition coefficient (Wildman–Crippen LogP) is 1.36. The molecule has 118 valence electrons. The van der Waals surface area contributed by atoms with E-state index in [4.69, 9.17) is 0 Å². The molecule has 2 aliphatic heterocycles. The van der Waals surface area contributed by atoms with Crippen LogP contribution in [-0.4, -0.2) is 47.2 Å². The molecule has 5 heteroatoms. The molecule has 2 heterocycles. The molecule has 0 aromatic carbocycles. The molecule has 22 heavy (non-hydrogen) atoms. The van der Waals surface area contributed by atoms with E-state index in [9.17, 15) is 14.4 Å². The maximum Gasteiger partial charge on any atom is 0.251 e. The first-order valence-electron chi connectivity index (χ1n) is 7.91. The standard InChI is InChI=1S/C17H22N2O3/c1-10(2)11-5-4-6-12-13(11)9-19(16(12)21)14-7-8-15(20)18(3)17(14)22/h4-6,10,12-14H,7-9H2,1-3H3/t12?,13?,14-/m1/s1. The third-order valence-electron chi connectivity index (χ3n) is 5.09. The second-order valence-corrected chi connectivity index (χ2v) is 6.67. The lowest BCUT2D eigenvalue weighted by atomic mass is 9.79. The number of imide groups is 1. The van der Waals surface area contributed by atoms with Gasteiger partial charge in [-0.2, -0.15) is 0 Å². The third kappa shape index (κ3) is 2.19. The molecule has 3 atom stereocenters. The Kier molecular flexibility index (Phi) is 3.67. The van der Waals surface area contributed by atoms with Gasteiger partial charge in [0.1, 0.15) is 6.04 Å². The Labute approximate surface area is 130 Å². The van der Waals surface area contributed by atoms with E-state index in [1.807, 2.05) is 12.2 Å². The van der Waals surface area contributed by atoms with E-state index in [0.717, 1.165) is 0 Å². The molecular formula is C17H22N2O3. The number of allylic oxidation sites excluding steroid dienone is 2. The van der Waals surface area contributed by atoms with E-state index >= 15 is 0 Å². The number of hydrogen-bond acceptors (Lipinski definition) is 3. The lowest BCUT2D eigenvalue weighted by Gasteiger charge is -2.34. The fraction of sp³-hybridized carbons (Fsp3) is 0.588. The van der Waals surface area contributed by atoms with Crippen LogP contribution in [0.1, 0.15) is 26.7 Å². The van der Waals surface area contributed by atoms with Gasteiger partial charge in [-0.25, -0.2) is 0 Å². The molecular weight excluding hydrogens is 280 g/mol. The van der Waals surface area contributed by atoms with Crippen LogP contribution in [0, 0.1) is 17.8 Å². The number of piperidine rings is 1. The lowest BCUT2D eigenvalue weighted by Crippen LogP contribution is -2.53. The fourth-order valence-corrected chi connectivity index (χ4v) is 3.81. The highest BCUT2D eigenvalue weighted by Gasteiger charge is 2.48. The van der Waals surface area contributed by atoms with Gasteiger partial charge >= 0.3 is 0 Å². The van der Waals surface area contributed by atoms with Gasteiger partial charge in [0, 0.05) is 25.9 Å². The summed E-state index contributed by atoms with van der Waals surface area (Å²) in [6, 6.07) is -0.484. The number of likely N-dealkylation sites (N-methyl/N-ethyl adjacent to an activating group) is 1. The fourth-order valence-electron chi connectivity index (χ4n) is 3.81. The van der Waals surface area contributed by atoms with Crippen LogP contribution in [0.4, 0.5) is 0 Å². The van der Waals surface area contributed by atoms with Crippen LogP contribution in [0.5, 0.6) is 0 Å². The van der Waals surface area contributed by atoms with Gasteiger partial charge in [0.25, 0.3) is 5.91 Å². The third-order valence-corrected chi connectivity index (χ3v) is 5.09. The lowest BCUT2D eigenvalue weighted by molar-refractivity contribution is -0.154. The summed E-state index contributed by atoms with van der Waals surface area (Å²) in [6.07, 6.45) is 6.77. The first kappa shape index (κ1) is 15.0. The van der Waals surface area contributed by atoms with E-state index < -0.39 is 6.04 Å². The van der Waals surface area contributed by atoms with E-state index in [0.29, 0.717) is 25.3 Å². The minimum absolute atomic E-state index is 0.0219. The zero-order chi connectivity index (χ0) is 16.0. The summed E-state index contributed by atoms with van der Waals surface area (Å²) in [5.74, 6) is 0.00625. The van der Waals surface area contributed by atoms with Gasteiger partial charge in [-0.1, -0.05) is 37.6 Å². The monoisotopic (exact) mass is 302 g/mol. The summed E-state index contributed by atoms with van der Waals surface area (Å²) >= 11 is 0. The van der Waals surface area contributed by atoms with Crippen LogP contribution >= 0.6 is 0 Å². The number of nitrogens with zero attached hydrogens (tertiary/aromatic N) is 2. The van der Waals surface area contributed by atoms with Crippen molar-refractivity contribution in [1.29, 1.82) is 0 Å². The highest BCUT2D eigenvalue weighted by atomic mass is 16.2. The molecule has 3 amide bonds. The van der Waals surface area contributed by atoms with E-state index in [1.54, 1.807) is 4.90 Å². The Bertz CT molecular complexity index is 591. The normalized spacial score (nSPS) is 31.9. The van der Waals surface area contributed by atoms with Gasteiger partial charge in [-0.05, 0) is 12.3 Å². The highest BCUT2D eigenvalue weighted by molar-refractivity contribution is 6.02. The van der Waals surface area contributed by atoms with E-state index in [1.165, 1.54) is 17.5 Å². The molecule has 0 N–H and O–H groups in total. The molecule has 5 nitrogen and oxygen atoms in total. The molecule has 2 saturated heterocycles. The Hall–Kier alpha value is -1.91. The molecule has 3 rings (SSSR count). The number of rotatable bonds is 2. The summed E-state index contributed by atoms with van der Waals surface area (Å²) in [5, 5.41) is 0. The molecule has 2 fully saturated rings. The van der Waals surface area contributed by atoms with Crippen molar-refractivity contribution in [3.05, 3.63) is 23.8 Å². The van der Waals surface area contributed by atoms with Crippen molar-refractivity contribution in [3.63, 3.8) is 0 Å². The van der Waals surface area contributed by atoms with E-state index in [2.05, 4.69) is 19.9 Å². The minimum Gasteiger partial charge on any atom is -0.329 e. The number of carbonyl (C=O) groups is 3. The Morgan fingerprint density at radius 3 is 2.59 bits per heavy atom. The smallest absolute Gasteiger partial charge is 0.251 e. The average Bonchev–Trinajstić information content (AvgIpc) is 2.82. The summed E-state index contributed by atoms with van der Waals surface area (Å²) < 4.78 is 0. The second-order valence-electron chi connectivity index (χ2n) is 6.67. The Balaban J connectivity index is 1.84. The van der Waals surface area contributed by atoms with E-state index in [-0.39, 0.29) is 29.6 Å². The van der Waals surface area contributed by atoms with Crippen molar-refractivity contribution in [1.82, 2.24) is 9.80 Å². The summed E-state index contributed by atoms with van der Waals surface area (Å²) in [6.45, 7) is 4.84. The van der Waals surface area contributed by atoms with Crippen molar-refractivity contribution in [3.8, 4) is 0 Å². The van der Waals surface area contributed by atoms with Crippen molar-refractivity contribution in [2.75, 3.05) is 13.6 Å². The molecule has 1 aliphatic carbocycles. The van der Waals surface area contributed by atoms with Crippen molar-refractivity contribution >= 4 is 17.7 Å². The van der Waals surface area contributed by atoms with Crippen molar-refractivity contribution < 1.29 is 14.4 Å². The summed E-state index contributed by atoms with van der Waals surface area (Å²) in [5.41, 5.74) is 1.27. The SMILES string of the molecule is CC(C)C1=CC=CC2C(=O)N([C@@H]3CCC(=O)N(C)C3=O)CC12. The predicted molar refractivity (Wildman–Crippen MR) is 81.6 cm³/mol. The summed E-state index contributed by atoms with van der Waals surface area (Å²) in [7, 11) is 1.50. The molecule has 0 saturated carbocycles. The van der Waals surface area contributed by atoms with Gasteiger partial charge in [-0.3, -0.25) is 19.3 Å². The zero-order valence-corrected chi connectivity index (χ0v) is 13.3. The highest BCUT2D eigenvalue weighted by Crippen LogP contribution is 2.39. The van der Waals surface area contributed by atoms with Gasteiger partial charge in [-0.15, -0.1) is 0 Å². The Morgan fingerprint density at radius 2 is 1.91 bits per heavy atom. The molecule has 0 radical (unpaired) electrons. The quantitative estimate of drug-likeness (QED) is 0.724. The van der Waals surface area contributed by atoms with Crippen LogP contribution in [0.15, 0.2) is 23.8 Å². The van der Waals surface area contributed by atoms with Crippen molar-refractivity contribution in [2.45, 2.75) is 32.7 Å². The second kappa shape index (κ2) is 5.38. The maximum absolute atomic E-state index is 12.7. The van der Waals surface area contributed by atoms with Crippen molar-refractivity contribution in [2.24, 2.45) is 17.8 Å². The first-order valence-corrected chi connectivity index (χ1v) is 7.91. The van der Waals surface area contributed by atoms with Gasteiger partial charge in [0.15, 0.2) is 0 Å². The number of amides is 3. The number of carbonyl (C=O) groups excluding carboxylic acids is 3. The minimum atomic E-state index is -0.484. The van der Waals surface area contributed by atoms with Crippen LogP contribution < -0.4 is 0 Å². The van der Waals surface area contributed by atoms with Crippen LogP contribution in [0.3, 0.4) is 0 Å².